The Morgan fingerprint density at radius 3 is 2.67 bits per heavy atom. The molecule has 3 heterocycles. The molecule has 1 aromatic carbocycles. The molecule has 1 aliphatic rings. The lowest BCUT2D eigenvalue weighted by molar-refractivity contribution is -0.125. The van der Waals surface area contributed by atoms with Crippen LogP contribution >= 0.6 is 11.6 Å². The van der Waals surface area contributed by atoms with Crippen LogP contribution < -0.4 is 20.9 Å². The summed E-state index contributed by atoms with van der Waals surface area (Å²) in [4.78, 5) is 35.5. The van der Waals surface area contributed by atoms with Gasteiger partial charge in [0.15, 0.2) is 0 Å². The Morgan fingerprint density at radius 1 is 1.21 bits per heavy atom. The maximum absolute atomic E-state index is 14.0. The van der Waals surface area contributed by atoms with Crippen LogP contribution in [0.3, 0.4) is 0 Å². The second-order valence-electron chi connectivity index (χ2n) is 10.5. The van der Waals surface area contributed by atoms with E-state index in [4.69, 9.17) is 21.1 Å². The molecule has 5 rings (SSSR count). The zero-order valence-corrected chi connectivity index (χ0v) is 24.7. The average molecular weight is 614 g/mol. The Bertz CT molecular complexity index is 1670. The topological polar surface area (TPSA) is 145 Å². The van der Waals surface area contributed by atoms with Gasteiger partial charge in [0.2, 0.25) is 11.9 Å². The van der Waals surface area contributed by atoms with Crippen molar-refractivity contribution < 1.29 is 23.8 Å². The highest BCUT2D eigenvalue weighted by Crippen LogP contribution is 2.29. The zero-order chi connectivity index (χ0) is 30.7. The Morgan fingerprint density at radius 2 is 1.98 bits per heavy atom. The molecule has 1 amide bonds. The van der Waals surface area contributed by atoms with Crippen LogP contribution in [0.2, 0.25) is 5.02 Å². The van der Waals surface area contributed by atoms with Crippen LogP contribution in [0.25, 0.3) is 16.8 Å². The smallest absolute Gasteiger partial charge is 0.278 e. The quantitative estimate of drug-likeness (QED) is 0.244. The van der Waals surface area contributed by atoms with Crippen molar-refractivity contribution in [3.05, 3.63) is 69.7 Å². The molecule has 2 atom stereocenters. The van der Waals surface area contributed by atoms with Gasteiger partial charge < -0.3 is 25.2 Å². The number of nitrogens with zero attached hydrogens (tertiary/aromatic N) is 5. The Hall–Kier alpha value is -4.07. The number of rotatable bonds is 10. The first kappa shape index (κ1) is 30.4. The standard InChI is InChI=1S/C29H33ClFN7O5/c1-16(27(40)35-24(14-39)17-8-19(31)11-22(9-17)43-3)37-15-33-38-13-18(10-25(38)28(37)41)26-23(30)12-32-29(36-26)34-20-4-6-21(42-2)7-5-20/h8-13,15-16,20-21,24,39H,4-7,14H2,1-3H3,(H,35,40)(H,32,34,36)/t16?,20?,21?,24-/m1/s1. The minimum atomic E-state index is -1.00. The van der Waals surface area contributed by atoms with Gasteiger partial charge in [0.05, 0.1) is 42.8 Å². The van der Waals surface area contributed by atoms with Crippen LogP contribution in [-0.4, -0.2) is 68.1 Å². The Kier molecular flexibility index (Phi) is 9.23. The average Bonchev–Trinajstić information content (AvgIpc) is 3.45. The highest BCUT2D eigenvalue weighted by molar-refractivity contribution is 6.32. The van der Waals surface area contributed by atoms with Crippen LogP contribution in [-0.2, 0) is 9.53 Å². The summed E-state index contributed by atoms with van der Waals surface area (Å²) < 4.78 is 27.1. The number of carbonyl (C=O) groups is 1. The van der Waals surface area contributed by atoms with Crippen LogP contribution in [0.15, 0.2) is 47.8 Å². The van der Waals surface area contributed by atoms with E-state index in [1.165, 1.54) is 53.8 Å². The molecule has 0 aliphatic heterocycles. The van der Waals surface area contributed by atoms with Crippen molar-refractivity contribution in [2.45, 2.75) is 56.8 Å². The van der Waals surface area contributed by atoms with Crippen LogP contribution in [0.4, 0.5) is 10.3 Å². The minimum Gasteiger partial charge on any atom is -0.497 e. The van der Waals surface area contributed by atoms with Crippen LogP contribution in [0.5, 0.6) is 5.75 Å². The number of anilines is 1. The van der Waals surface area contributed by atoms with Crippen molar-refractivity contribution in [1.82, 2.24) is 29.5 Å². The van der Waals surface area contributed by atoms with Gasteiger partial charge in [-0.25, -0.2) is 18.9 Å². The summed E-state index contributed by atoms with van der Waals surface area (Å²) in [5, 5.41) is 20.6. The number of nitrogens with one attached hydrogen (secondary N) is 2. The number of methoxy groups -OCH3 is 2. The van der Waals surface area contributed by atoms with Gasteiger partial charge in [-0.2, -0.15) is 5.10 Å². The number of aliphatic hydroxyl groups excluding tert-OH is 1. The molecule has 12 nitrogen and oxygen atoms in total. The fourth-order valence-corrected chi connectivity index (χ4v) is 5.43. The third-order valence-electron chi connectivity index (χ3n) is 7.74. The van der Waals surface area contributed by atoms with E-state index < -0.39 is 36.0 Å². The third kappa shape index (κ3) is 6.63. The molecule has 0 radical (unpaired) electrons. The van der Waals surface area contributed by atoms with E-state index in [1.807, 2.05) is 0 Å². The minimum absolute atomic E-state index is 0.202. The summed E-state index contributed by atoms with van der Waals surface area (Å²) in [6, 6.07) is 3.79. The first-order valence-electron chi connectivity index (χ1n) is 13.9. The molecule has 228 valence electrons. The van der Waals surface area contributed by atoms with Gasteiger partial charge in [-0.1, -0.05) is 11.6 Å². The molecule has 1 unspecified atom stereocenters. The largest absolute Gasteiger partial charge is 0.497 e. The molecule has 3 N–H and O–H groups in total. The summed E-state index contributed by atoms with van der Waals surface area (Å²) in [6.45, 7) is 1.03. The number of aromatic nitrogens is 5. The Balaban J connectivity index is 1.36. The van der Waals surface area contributed by atoms with Gasteiger partial charge in [-0.15, -0.1) is 0 Å². The first-order chi connectivity index (χ1) is 20.7. The number of aliphatic hydroxyl groups is 1. The molecule has 1 aliphatic carbocycles. The number of carbonyl (C=O) groups excluding carboxylic acids is 1. The van der Waals surface area contributed by atoms with Gasteiger partial charge in [-0.05, 0) is 56.4 Å². The molecule has 0 bridgehead atoms. The van der Waals surface area contributed by atoms with Crippen molar-refractivity contribution in [1.29, 1.82) is 0 Å². The van der Waals surface area contributed by atoms with Gasteiger partial charge in [0, 0.05) is 31.0 Å². The fraction of sp³-hybridized carbons (Fsp3) is 0.414. The monoisotopic (exact) mass is 613 g/mol. The molecular formula is C29H33ClFN7O5. The van der Waals surface area contributed by atoms with Gasteiger partial charge in [-0.3, -0.25) is 14.2 Å². The highest BCUT2D eigenvalue weighted by Gasteiger charge is 2.24. The number of ether oxygens (including phenoxy) is 2. The van der Waals surface area contributed by atoms with E-state index in [0.29, 0.717) is 27.8 Å². The fourth-order valence-electron chi connectivity index (χ4n) is 5.23. The van der Waals surface area contributed by atoms with Gasteiger partial charge >= 0.3 is 0 Å². The normalized spacial score (nSPS) is 18.3. The molecule has 0 saturated heterocycles. The summed E-state index contributed by atoms with van der Waals surface area (Å²) >= 11 is 6.46. The van der Waals surface area contributed by atoms with Crippen molar-refractivity contribution in [2.24, 2.45) is 0 Å². The maximum Gasteiger partial charge on any atom is 0.278 e. The number of amides is 1. The van der Waals surface area contributed by atoms with E-state index >= 15 is 0 Å². The van der Waals surface area contributed by atoms with Crippen molar-refractivity contribution in [3.63, 3.8) is 0 Å². The van der Waals surface area contributed by atoms with E-state index in [0.717, 1.165) is 25.7 Å². The van der Waals surface area contributed by atoms with E-state index in [9.17, 15) is 19.1 Å². The summed E-state index contributed by atoms with van der Waals surface area (Å²) in [5.74, 6) is -0.477. The summed E-state index contributed by atoms with van der Waals surface area (Å²) in [5.41, 5.74) is 1.03. The lowest BCUT2D eigenvalue weighted by atomic mass is 9.93. The van der Waals surface area contributed by atoms with Crippen molar-refractivity contribution in [2.75, 3.05) is 26.1 Å². The number of fused-ring (bicyclic) bond motifs is 1. The highest BCUT2D eigenvalue weighted by atomic mass is 35.5. The second kappa shape index (κ2) is 13.1. The molecule has 4 aromatic rings. The van der Waals surface area contributed by atoms with E-state index in [1.54, 1.807) is 19.4 Å². The number of hydrogen-bond acceptors (Lipinski definition) is 9. The number of benzene rings is 1. The molecule has 3 aromatic heterocycles. The predicted octanol–water partition coefficient (Wildman–Crippen LogP) is 3.53. The van der Waals surface area contributed by atoms with Crippen LogP contribution in [0, 0.1) is 5.82 Å². The molecule has 0 spiro atoms. The summed E-state index contributed by atoms with van der Waals surface area (Å²) in [7, 11) is 3.12. The Labute approximate surface area is 251 Å². The lowest BCUT2D eigenvalue weighted by Crippen LogP contribution is -2.39. The summed E-state index contributed by atoms with van der Waals surface area (Å²) in [6.07, 6.45) is 8.44. The molecule has 1 fully saturated rings. The van der Waals surface area contributed by atoms with Crippen molar-refractivity contribution in [3.8, 4) is 17.0 Å². The molecule has 1 saturated carbocycles. The van der Waals surface area contributed by atoms with E-state index in [2.05, 4.69) is 25.7 Å². The second-order valence-corrected chi connectivity index (χ2v) is 10.9. The van der Waals surface area contributed by atoms with E-state index in [-0.39, 0.29) is 23.4 Å². The molecule has 14 heteroatoms. The predicted molar refractivity (Wildman–Crippen MR) is 158 cm³/mol. The van der Waals surface area contributed by atoms with Gasteiger partial charge in [0.1, 0.15) is 29.5 Å². The molecule has 43 heavy (non-hydrogen) atoms. The van der Waals surface area contributed by atoms with Crippen LogP contribution in [0.1, 0.15) is 50.3 Å². The lowest BCUT2D eigenvalue weighted by Gasteiger charge is -2.28. The third-order valence-corrected chi connectivity index (χ3v) is 8.02. The zero-order valence-electron chi connectivity index (χ0n) is 24.0. The van der Waals surface area contributed by atoms with Gasteiger partial charge in [0.25, 0.3) is 5.56 Å². The number of halogens is 2. The maximum atomic E-state index is 14.0. The SMILES string of the molecule is COc1cc(F)cc([C@@H](CO)NC(=O)C(C)n2cnn3cc(-c4nc(NC5CCC(OC)CC5)ncc4Cl)cc3c2=O)c1. The van der Waals surface area contributed by atoms with Crippen molar-refractivity contribution >= 4 is 29.0 Å². The molecular weight excluding hydrogens is 581 g/mol. The number of hydrogen-bond donors (Lipinski definition) is 3. The first-order valence-corrected chi connectivity index (χ1v) is 14.3.